The molecular formula is C27H29N5O2S. The van der Waals surface area contributed by atoms with Gasteiger partial charge in [-0.25, -0.2) is 0 Å². The number of benzene rings is 1. The SMILES string of the molecule is C=CCc1ccccc1OCCn1cccc1C=C1C(=N)N2N=C(C3CCCCC3)SC2=NC1=O. The maximum atomic E-state index is 12.8. The van der Waals surface area contributed by atoms with Crippen LogP contribution < -0.4 is 4.74 Å². The Hall–Kier alpha value is -3.39. The third kappa shape index (κ3) is 5.03. The van der Waals surface area contributed by atoms with E-state index in [9.17, 15) is 4.79 Å². The number of ether oxygens (including phenoxy) is 1. The predicted molar refractivity (Wildman–Crippen MR) is 142 cm³/mol. The molecular weight excluding hydrogens is 458 g/mol. The van der Waals surface area contributed by atoms with E-state index in [-0.39, 0.29) is 11.4 Å². The first-order chi connectivity index (χ1) is 17.1. The van der Waals surface area contributed by atoms with Crippen LogP contribution in [0.5, 0.6) is 5.75 Å². The number of amidine groups is 2. The molecule has 2 aliphatic heterocycles. The van der Waals surface area contributed by atoms with Gasteiger partial charge < -0.3 is 9.30 Å². The zero-order valence-electron chi connectivity index (χ0n) is 19.7. The average molecular weight is 488 g/mol. The lowest BCUT2D eigenvalue weighted by molar-refractivity contribution is -0.114. The number of carbonyl (C=O) groups excluding carboxylic acids is 1. The number of nitrogens with one attached hydrogen (secondary N) is 1. The van der Waals surface area contributed by atoms with E-state index in [1.807, 2.05) is 53.2 Å². The van der Waals surface area contributed by atoms with Gasteiger partial charge in [0.25, 0.3) is 5.91 Å². The number of hydrazone groups is 1. The van der Waals surface area contributed by atoms with Crippen LogP contribution in [-0.4, -0.2) is 38.1 Å². The molecule has 3 heterocycles. The van der Waals surface area contributed by atoms with Gasteiger partial charge in [0.15, 0.2) is 5.84 Å². The Morgan fingerprint density at radius 1 is 1.17 bits per heavy atom. The molecule has 0 spiro atoms. The summed E-state index contributed by atoms with van der Waals surface area (Å²) < 4.78 is 8.04. The molecule has 0 radical (unpaired) electrons. The molecule has 8 heteroatoms. The second-order valence-corrected chi connectivity index (χ2v) is 9.86. The lowest BCUT2D eigenvalue weighted by Crippen LogP contribution is -2.35. The fourth-order valence-electron chi connectivity index (χ4n) is 4.65. The number of hydrogen-bond acceptors (Lipinski definition) is 5. The van der Waals surface area contributed by atoms with E-state index >= 15 is 0 Å². The quantitative estimate of drug-likeness (QED) is 0.394. The number of para-hydroxylation sites is 1. The number of allylic oxidation sites excluding steroid dienone is 1. The number of rotatable bonds is 8. The number of hydrogen-bond donors (Lipinski definition) is 1. The van der Waals surface area contributed by atoms with Gasteiger partial charge in [0.2, 0.25) is 5.17 Å². The minimum Gasteiger partial charge on any atom is -0.491 e. The average Bonchev–Trinajstić information content (AvgIpc) is 3.50. The smallest absolute Gasteiger partial charge is 0.283 e. The molecule has 1 N–H and O–H groups in total. The molecule has 0 atom stereocenters. The molecule has 0 saturated heterocycles. The zero-order chi connectivity index (χ0) is 24.2. The first kappa shape index (κ1) is 23.4. The number of fused-ring (bicyclic) bond motifs is 1. The number of thioether (sulfide) groups is 1. The van der Waals surface area contributed by atoms with Crippen molar-refractivity contribution < 1.29 is 9.53 Å². The Labute approximate surface area is 209 Å². The summed E-state index contributed by atoms with van der Waals surface area (Å²) in [5, 5.41) is 16.4. The molecule has 1 aliphatic carbocycles. The molecule has 0 unspecified atom stereocenters. The number of nitrogens with zero attached hydrogens (tertiary/aromatic N) is 4. The summed E-state index contributed by atoms with van der Waals surface area (Å²) in [6.07, 6.45) is 12.2. The van der Waals surface area contributed by atoms with Crippen LogP contribution >= 0.6 is 11.8 Å². The highest BCUT2D eigenvalue weighted by atomic mass is 32.2. The maximum Gasteiger partial charge on any atom is 0.283 e. The first-order valence-corrected chi connectivity index (χ1v) is 12.9. The number of carbonyl (C=O) groups is 1. The van der Waals surface area contributed by atoms with E-state index in [0.717, 1.165) is 41.3 Å². The van der Waals surface area contributed by atoms with Crippen LogP contribution in [0.2, 0.25) is 0 Å². The molecule has 5 rings (SSSR count). The molecule has 1 saturated carbocycles. The largest absolute Gasteiger partial charge is 0.491 e. The molecule has 7 nitrogen and oxygen atoms in total. The van der Waals surface area contributed by atoms with E-state index in [0.29, 0.717) is 24.2 Å². The topological polar surface area (TPSA) is 83.0 Å². The van der Waals surface area contributed by atoms with Crippen molar-refractivity contribution >= 4 is 39.8 Å². The highest BCUT2D eigenvalue weighted by Gasteiger charge is 2.38. The molecule has 1 amide bonds. The summed E-state index contributed by atoms with van der Waals surface area (Å²) in [5.74, 6) is 0.951. The third-order valence-corrected chi connectivity index (χ3v) is 7.58. The van der Waals surface area contributed by atoms with Gasteiger partial charge in [-0.3, -0.25) is 10.2 Å². The van der Waals surface area contributed by atoms with Crippen LogP contribution in [0.4, 0.5) is 0 Å². The molecule has 35 heavy (non-hydrogen) atoms. The van der Waals surface area contributed by atoms with Crippen molar-refractivity contribution in [3.63, 3.8) is 0 Å². The van der Waals surface area contributed by atoms with E-state index < -0.39 is 5.91 Å². The lowest BCUT2D eigenvalue weighted by atomic mass is 9.90. The van der Waals surface area contributed by atoms with Crippen molar-refractivity contribution in [3.05, 3.63) is 72.1 Å². The molecule has 1 fully saturated rings. The molecule has 1 aromatic heterocycles. The summed E-state index contributed by atoms with van der Waals surface area (Å²) in [6.45, 7) is 4.89. The fraction of sp³-hybridized carbons (Fsp3) is 0.333. The van der Waals surface area contributed by atoms with Crippen molar-refractivity contribution in [2.75, 3.05) is 6.61 Å². The summed E-state index contributed by atoms with van der Waals surface area (Å²) in [6, 6.07) is 11.8. The van der Waals surface area contributed by atoms with Gasteiger partial charge in [-0.15, -0.1) is 6.58 Å². The number of amides is 1. The highest BCUT2D eigenvalue weighted by molar-refractivity contribution is 8.27. The normalized spacial score (nSPS) is 19.5. The molecule has 180 valence electrons. The van der Waals surface area contributed by atoms with E-state index in [2.05, 4.69) is 16.7 Å². The summed E-state index contributed by atoms with van der Waals surface area (Å²) >= 11 is 1.44. The van der Waals surface area contributed by atoms with Gasteiger partial charge in [0.05, 0.1) is 12.1 Å². The Bertz CT molecular complexity index is 1240. The van der Waals surface area contributed by atoms with Crippen molar-refractivity contribution in [2.45, 2.75) is 45.1 Å². The van der Waals surface area contributed by atoms with Crippen molar-refractivity contribution in [1.82, 2.24) is 9.58 Å². The summed E-state index contributed by atoms with van der Waals surface area (Å²) in [4.78, 5) is 17.1. The standard InChI is InChI=1S/C27H29N5O2S/c1-2-9-19-10-6-7-14-23(19)34-17-16-31-15-8-13-21(31)18-22-24(28)32-27(29-25(22)33)35-26(30-32)20-11-4-3-5-12-20/h2,6-8,10,13-15,18,20,28H,1,3-5,9,11-12,16-17H2. The monoisotopic (exact) mass is 487 g/mol. The Kier molecular flexibility index (Phi) is 6.99. The van der Waals surface area contributed by atoms with Gasteiger partial charge >= 0.3 is 0 Å². The van der Waals surface area contributed by atoms with Gasteiger partial charge in [0, 0.05) is 17.8 Å². The van der Waals surface area contributed by atoms with Crippen molar-refractivity contribution in [3.8, 4) is 5.75 Å². The van der Waals surface area contributed by atoms with Gasteiger partial charge in [0.1, 0.15) is 17.4 Å². The Morgan fingerprint density at radius 3 is 2.83 bits per heavy atom. The molecule has 0 bridgehead atoms. The van der Waals surface area contributed by atoms with E-state index in [4.69, 9.17) is 10.1 Å². The van der Waals surface area contributed by atoms with Crippen LogP contribution in [-0.2, 0) is 17.8 Å². The Balaban J connectivity index is 1.29. The van der Waals surface area contributed by atoms with Crippen LogP contribution in [0.1, 0.15) is 43.4 Å². The maximum absolute atomic E-state index is 12.8. The molecule has 2 aromatic rings. The highest BCUT2D eigenvalue weighted by Crippen LogP contribution is 2.36. The van der Waals surface area contributed by atoms with Gasteiger partial charge in [-0.1, -0.05) is 43.5 Å². The fourth-order valence-corrected chi connectivity index (χ4v) is 5.71. The summed E-state index contributed by atoms with van der Waals surface area (Å²) in [7, 11) is 0. The third-order valence-electron chi connectivity index (χ3n) is 6.51. The molecule has 3 aliphatic rings. The Morgan fingerprint density at radius 2 is 2.00 bits per heavy atom. The molecule has 1 aromatic carbocycles. The zero-order valence-corrected chi connectivity index (χ0v) is 20.5. The van der Waals surface area contributed by atoms with Crippen LogP contribution in [0.15, 0.2) is 70.9 Å². The number of aliphatic imine (C=N–C) groups is 1. The van der Waals surface area contributed by atoms with Crippen LogP contribution in [0, 0.1) is 11.3 Å². The second kappa shape index (κ2) is 10.5. The minimum atomic E-state index is -0.392. The van der Waals surface area contributed by atoms with E-state index in [1.165, 1.54) is 36.0 Å². The second-order valence-electron chi connectivity index (χ2n) is 8.87. The van der Waals surface area contributed by atoms with E-state index in [1.54, 1.807) is 6.08 Å². The van der Waals surface area contributed by atoms with Crippen molar-refractivity contribution in [2.24, 2.45) is 16.0 Å². The van der Waals surface area contributed by atoms with Crippen LogP contribution in [0.3, 0.4) is 0 Å². The minimum absolute atomic E-state index is 0.0839. The van der Waals surface area contributed by atoms with Crippen LogP contribution in [0.25, 0.3) is 6.08 Å². The van der Waals surface area contributed by atoms with Crippen molar-refractivity contribution in [1.29, 1.82) is 5.41 Å². The summed E-state index contributed by atoms with van der Waals surface area (Å²) in [5.41, 5.74) is 2.17. The predicted octanol–water partition coefficient (Wildman–Crippen LogP) is 5.50. The lowest BCUT2D eigenvalue weighted by Gasteiger charge is -2.20. The number of aromatic nitrogens is 1. The first-order valence-electron chi connectivity index (χ1n) is 12.1. The van der Waals surface area contributed by atoms with Gasteiger partial charge in [-0.2, -0.15) is 15.1 Å². The van der Waals surface area contributed by atoms with Gasteiger partial charge in [-0.05, 0) is 60.9 Å².